The van der Waals surface area contributed by atoms with Crippen LogP contribution in [-0.2, 0) is 9.59 Å². The Bertz CT molecular complexity index is 654. The van der Waals surface area contributed by atoms with Crippen molar-refractivity contribution in [1.82, 2.24) is 10.2 Å². The smallest absolute Gasteiger partial charge is 0.256 e. The van der Waals surface area contributed by atoms with Gasteiger partial charge in [0.2, 0.25) is 11.8 Å². The van der Waals surface area contributed by atoms with E-state index in [0.717, 1.165) is 5.56 Å². The van der Waals surface area contributed by atoms with Crippen molar-refractivity contribution in [2.24, 2.45) is 5.73 Å². The number of carbonyl (C=O) groups excluding carboxylic acids is 3. The molecule has 1 aliphatic heterocycles. The molecule has 3 amide bonds. The Hall–Kier alpha value is -2.65. The Labute approximate surface area is 122 Å². The van der Waals surface area contributed by atoms with E-state index in [-0.39, 0.29) is 25.5 Å². The summed E-state index contributed by atoms with van der Waals surface area (Å²) in [5, 5.41) is 2.16. The van der Waals surface area contributed by atoms with E-state index in [4.69, 9.17) is 5.73 Å². The number of aryl methyl sites for hydroxylation is 1. The van der Waals surface area contributed by atoms with Crippen molar-refractivity contribution in [2.45, 2.75) is 6.92 Å². The van der Waals surface area contributed by atoms with Crippen LogP contribution in [0.5, 0.6) is 0 Å². The zero-order chi connectivity index (χ0) is 15.4. The van der Waals surface area contributed by atoms with E-state index in [9.17, 15) is 14.4 Å². The fraction of sp³-hybridized carbons (Fsp3) is 0.267. The largest absolute Gasteiger partial charge is 0.320 e. The first kappa shape index (κ1) is 14.8. The lowest BCUT2D eigenvalue weighted by atomic mass is 10.0. The van der Waals surface area contributed by atoms with Gasteiger partial charge in [-0.1, -0.05) is 23.5 Å². The van der Waals surface area contributed by atoms with Crippen LogP contribution < -0.4 is 11.1 Å². The monoisotopic (exact) mass is 285 g/mol. The summed E-state index contributed by atoms with van der Waals surface area (Å²) >= 11 is 0. The maximum atomic E-state index is 12.5. The molecular weight excluding hydrogens is 270 g/mol. The number of benzene rings is 1. The Balaban J connectivity index is 2.35. The molecule has 6 heteroatoms. The van der Waals surface area contributed by atoms with Gasteiger partial charge in [0.05, 0.1) is 12.1 Å². The molecule has 21 heavy (non-hydrogen) atoms. The first-order valence-corrected chi connectivity index (χ1v) is 6.43. The summed E-state index contributed by atoms with van der Waals surface area (Å²) in [5.74, 6) is 4.18. The predicted octanol–water partition coefficient (Wildman–Crippen LogP) is -0.596. The molecule has 2 rings (SSSR count). The van der Waals surface area contributed by atoms with E-state index in [0.29, 0.717) is 11.1 Å². The Kier molecular flexibility index (Phi) is 4.36. The van der Waals surface area contributed by atoms with Gasteiger partial charge in [0, 0.05) is 5.56 Å². The third kappa shape index (κ3) is 3.46. The summed E-state index contributed by atoms with van der Waals surface area (Å²) in [6.45, 7) is 1.77. The molecule has 1 saturated heterocycles. The number of hydrogen-bond donors (Lipinski definition) is 2. The number of amides is 3. The van der Waals surface area contributed by atoms with Crippen molar-refractivity contribution >= 4 is 17.7 Å². The highest BCUT2D eigenvalue weighted by molar-refractivity contribution is 6.06. The molecular formula is C15H15N3O3. The van der Waals surface area contributed by atoms with Gasteiger partial charge in [0.25, 0.3) is 5.91 Å². The minimum atomic E-state index is -0.484. The number of nitrogens with one attached hydrogen (secondary N) is 1. The van der Waals surface area contributed by atoms with Crippen LogP contribution in [0, 0.1) is 18.8 Å². The van der Waals surface area contributed by atoms with Crippen molar-refractivity contribution in [3.8, 4) is 11.8 Å². The third-order valence-corrected chi connectivity index (χ3v) is 2.97. The van der Waals surface area contributed by atoms with Crippen LogP contribution in [-0.4, -0.2) is 42.3 Å². The normalized spacial score (nSPS) is 14.3. The second kappa shape index (κ2) is 6.20. The van der Waals surface area contributed by atoms with Gasteiger partial charge in [-0.05, 0) is 19.1 Å². The summed E-state index contributed by atoms with van der Waals surface area (Å²) in [4.78, 5) is 36.5. The fourth-order valence-electron chi connectivity index (χ4n) is 2.04. The summed E-state index contributed by atoms with van der Waals surface area (Å²) in [6, 6.07) is 5.27. The number of nitrogens with two attached hydrogens (primary N) is 1. The maximum Gasteiger partial charge on any atom is 0.256 e. The highest BCUT2D eigenvalue weighted by Crippen LogP contribution is 2.14. The van der Waals surface area contributed by atoms with Gasteiger partial charge < -0.3 is 10.6 Å². The van der Waals surface area contributed by atoms with Crippen molar-refractivity contribution in [3.05, 3.63) is 34.9 Å². The van der Waals surface area contributed by atoms with Gasteiger partial charge in [0.15, 0.2) is 0 Å². The topological polar surface area (TPSA) is 92.5 Å². The van der Waals surface area contributed by atoms with E-state index in [1.165, 1.54) is 4.90 Å². The summed E-state index contributed by atoms with van der Waals surface area (Å²) < 4.78 is 0. The molecule has 0 spiro atoms. The second-order valence-electron chi connectivity index (χ2n) is 4.69. The van der Waals surface area contributed by atoms with Gasteiger partial charge in [-0.3, -0.25) is 19.7 Å². The van der Waals surface area contributed by atoms with Crippen LogP contribution in [0.3, 0.4) is 0 Å². The molecule has 6 nitrogen and oxygen atoms in total. The number of imide groups is 1. The molecule has 0 aromatic heterocycles. The molecule has 108 valence electrons. The van der Waals surface area contributed by atoms with Crippen LogP contribution in [0.15, 0.2) is 18.2 Å². The van der Waals surface area contributed by atoms with Crippen LogP contribution in [0.2, 0.25) is 0 Å². The molecule has 1 aromatic rings. The second-order valence-corrected chi connectivity index (χ2v) is 4.69. The van der Waals surface area contributed by atoms with Crippen LogP contribution >= 0.6 is 0 Å². The number of nitrogens with zero attached hydrogens (tertiary/aromatic N) is 1. The summed E-state index contributed by atoms with van der Waals surface area (Å²) in [5.41, 5.74) is 7.15. The van der Waals surface area contributed by atoms with Crippen molar-refractivity contribution in [3.63, 3.8) is 0 Å². The SMILES string of the molecule is Cc1ccc(C#CCN)c(C(=O)N2CC(=O)NC(=O)C2)c1. The lowest BCUT2D eigenvalue weighted by Crippen LogP contribution is -2.53. The molecule has 0 unspecified atom stereocenters. The Morgan fingerprint density at radius 3 is 2.62 bits per heavy atom. The van der Waals surface area contributed by atoms with E-state index in [1.807, 2.05) is 13.0 Å². The standard InChI is InChI=1S/C15H15N3O3/c1-10-4-5-11(3-2-6-16)12(7-10)15(21)18-8-13(19)17-14(20)9-18/h4-5,7H,6,8-9,16H2,1H3,(H,17,19,20). The van der Waals surface area contributed by atoms with Gasteiger partial charge in [0.1, 0.15) is 13.1 Å². The highest BCUT2D eigenvalue weighted by atomic mass is 16.2. The Morgan fingerprint density at radius 2 is 2.00 bits per heavy atom. The van der Waals surface area contributed by atoms with Crippen molar-refractivity contribution < 1.29 is 14.4 Å². The summed E-state index contributed by atoms with van der Waals surface area (Å²) in [7, 11) is 0. The molecule has 0 aliphatic carbocycles. The molecule has 1 fully saturated rings. The van der Waals surface area contributed by atoms with Gasteiger partial charge in [-0.25, -0.2) is 0 Å². The van der Waals surface area contributed by atoms with E-state index in [2.05, 4.69) is 17.2 Å². The predicted molar refractivity (Wildman–Crippen MR) is 76.2 cm³/mol. The fourth-order valence-corrected chi connectivity index (χ4v) is 2.04. The first-order chi connectivity index (χ1) is 10.0. The van der Waals surface area contributed by atoms with Gasteiger partial charge in [-0.2, -0.15) is 0 Å². The van der Waals surface area contributed by atoms with Crippen LogP contribution in [0.25, 0.3) is 0 Å². The zero-order valence-electron chi connectivity index (χ0n) is 11.6. The van der Waals surface area contributed by atoms with Crippen molar-refractivity contribution in [2.75, 3.05) is 19.6 Å². The Morgan fingerprint density at radius 1 is 1.33 bits per heavy atom. The van der Waals surface area contributed by atoms with E-state index >= 15 is 0 Å². The minimum absolute atomic E-state index is 0.137. The molecule has 1 heterocycles. The molecule has 0 saturated carbocycles. The highest BCUT2D eigenvalue weighted by Gasteiger charge is 2.28. The number of hydrogen-bond acceptors (Lipinski definition) is 4. The minimum Gasteiger partial charge on any atom is -0.320 e. The van der Waals surface area contributed by atoms with Crippen LogP contribution in [0.1, 0.15) is 21.5 Å². The molecule has 0 atom stereocenters. The molecule has 0 radical (unpaired) electrons. The average Bonchev–Trinajstić information content (AvgIpc) is 2.44. The molecule has 3 N–H and O–H groups in total. The van der Waals surface area contributed by atoms with Gasteiger partial charge in [-0.15, -0.1) is 0 Å². The quantitative estimate of drug-likeness (QED) is 0.532. The molecule has 0 bridgehead atoms. The van der Waals surface area contributed by atoms with Crippen LogP contribution in [0.4, 0.5) is 0 Å². The lowest BCUT2D eigenvalue weighted by molar-refractivity contribution is -0.135. The van der Waals surface area contributed by atoms with E-state index in [1.54, 1.807) is 12.1 Å². The van der Waals surface area contributed by atoms with Crippen molar-refractivity contribution in [1.29, 1.82) is 0 Å². The third-order valence-electron chi connectivity index (χ3n) is 2.97. The van der Waals surface area contributed by atoms with E-state index < -0.39 is 11.8 Å². The number of piperazine rings is 1. The molecule has 1 aliphatic rings. The average molecular weight is 285 g/mol. The first-order valence-electron chi connectivity index (χ1n) is 6.43. The summed E-state index contributed by atoms with van der Waals surface area (Å²) in [6.07, 6.45) is 0. The lowest BCUT2D eigenvalue weighted by Gasteiger charge is -2.26. The zero-order valence-corrected chi connectivity index (χ0v) is 11.6. The number of carbonyl (C=O) groups is 3. The molecule has 1 aromatic carbocycles. The van der Waals surface area contributed by atoms with Gasteiger partial charge >= 0.3 is 0 Å². The maximum absolute atomic E-state index is 12.5. The number of rotatable bonds is 1.